The molecule has 2 aromatic rings. The average Bonchev–Trinajstić information content (AvgIpc) is 3.43. The molecule has 1 amide bonds. The van der Waals surface area contributed by atoms with Crippen LogP contribution in [0.3, 0.4) is 0 Å². The molecule has 1 saturated heterocycles. The number of ether oxygens (including phenoxy) is 1. The van der Waals surface area contributed by atoms with Gasteiger partial charge in [-0.25, -0.2) is 4.79 Å². The van der Waals surface area contributed by atoms with Crippen molar-refractivity contribution < 1.29 is 19.4 Å². The number of likely N-dealkylation sites (tertiary alicyclic amines) is 1. The molecule has 1 aliphatic heterocycles. The van der Waals surface area contributed by atoms with Crippen molar-refractivity contribution in [2.45, 2.75) is 37.1 Å². The zero-order valence-corrected chi connectivity index (χ0v) is 17.0. The molecule has 158 valence electrons. The maximum atomic E-state index is 13.4. The number of carboxylic acid groups (broad SMARTS) is 1. The highest BCUT2D eigenvalue weighted by atomic mass is 16.5. The van der Waals surface area contributed by atoms with Gasteiger partial charge in [0.05, 0.1) is 11.5 Å². The van der Waals surface area contributed by atoms with Crippen LogP contribution in [0.2, 0.25) is 0 Å². The van der Waals surface area contributed by atoms with Crippen molar-refractivity contribution in [1.29, 1.82) is 0 Å². The number of hydrogen-bond donors (Lipinski definition) is 2. The molecule has 2 fully saturated rings. The molecule has 1 saturated carbocycles. The quantitative estimate of drug-likeness (QED) is 0.667. The minimum Gasteiger partial charge on any atom is -0.482 e. The standard InChI is InChI=1S/C24H28N2O4/c27-22(28)17-30-20-10-6-9-19(15-20)24(11-12-24)23(29)25-21(16-26-13-4-5-14-26)18-7-2-1-3-8-18/h1-3,6-10,15,21H,4-5,11-14,16-17H2,(H,25,29)(H,27,28)/t21-/m1/s1. The molecule has 6 nitrogen and oxygen atoms in total. The maximum absolute atomic E-state index is 13.4. The Kier molecular flexibility index (Phi) is 6.04. The Morgan fingerprint density at radius 1 is 1.07 bits per heavy atom. The fourth-order valence-corrected chi connectivity index (χ4v) is 4.24. The first-order chi connectivity index (χ1) is 14.6. The van der Waals surface area contributed by atoms with Gasteiger partial charge in [0.15, 0.2) is 6.61 Å². The molecule has 1 aliphatic carbocycles. The third kappa shape index (κ3) is 4.65. The molecule has 1 atom stereocenters. The van der Waals surface area contributed by atoms with Crippen LogP contribution in [0.4, 0.5) is 0 Å². The van der Waals surface area contributed by atoms with Crippen molar-refractivity contribution >= 4 is 11.9 Å². The van der Waals surface area contributed by atoms with Gasteiger partial charge in [0.25, 0.3) is 0 Å². The topological polar surface area (TPSA) is 78.9 Å². The second-order valence-electron chi connectivity index (χ2n) is 8.24. The number of aliphatic carboxylic acids is 1. The van der Waals surface area contributed by atoms with Crippen molar-refractivity contribution in [3.63, 3.8) is 0 Å². The second-order valence-corrected chi connectivity index (χ2v) is 8.24. The highest BCUT2D eigenvalue weighted by Gasteiger charge is 2.51. The largest absolute Gasteiger partial charge is 0.482 e. The predicted molar refractivity (Wildman–Crippen MR) is 113 cm³/mol. The number of carbonyl (C=O) groups excluding carboxylic acids is 1. The Hall–Kier alpha value is -2.86. The van der Waals surface area contributed by atoms with Gasteiger partial charge >= 0.3 is 5.97 Å². The fraction of sp³-hybridized carbons (Fsp3) is 0.417. The SMILES string of the molecule is O=C(O)COc1cccc(C2(C(=O)N[C@H](CN3CCCC3)c3ccccc3)CC2)c1. The molecule has 0 unspecified atom stereocenters. The third-order valence-corrected chi connectivity index (χ3v) is 6.08. The van der Waals surface area contributed by atoms with Gasteiger partial charge in [-0.1, -0.05) is 42.5 Å². The van der Waals surface area contributed by atoms with Crippen molar-refractivity contribution in [2.75, 3.05) is 26.2 Å². The molecular weight excluding hydrogens is 380 g/mol. The number of hydrogen-bond acceptors (Lipinski definition) is 4. The Balaban J connectivity index is 1.50. The van der Waals surface area contributed by atoms with Crippen LogP contribution in [0.25, 0.3) is 0 Å². The predicted octanol–water partition coefficient (Wildman–Crippen LogP) is 3.13. The van der Waals surface area contributed by atoms with Crippen molar-refractivity contribution in [3.8, 4) is 5.75 Å². The Labute approximate surface area is 176 Å². The smallest absolute Gasteiger partial charge is 0.341 e. The highest BCUT2D eigenvalue weighted by molar-refractivity contribution is 5.91. The van der Waals surface area contributed by atoms with Crippen LogP contribution in [-0.4, -0.2) is 48.1 Å². The summed E-state index contributed by atoms with van der Waals surface area (Å²) in [5, 5.41) is 12.2. The fourth-order valence-electron chi connectivity index (χ4n) is 4.24. The van der Waals surface area contributed by atoms with Crippen LogP contribution in [0.15, 0.2) is 54.6 Å². The molecular formula is C24H28N2O4. The van der Waals surface area contributed by atoms with E-state index in [0.29, 0.717) is 5.75 Å². The van der Waals surface area contributed by atoms with E-state index < -0.39 is 18.0 Å². The minimum absolute atomic E-state index is 0.0333. The lowest BCUT2D eigenvalue weighted by Gasteiger charge is -2.27. The van der Waals surface area contributed by atoms with Gasteiger partial charge in [-0.2, -0.15) is 0 Å². The number of benzene rings is 2. The lowest BCUT2D eigenvalue weighted by molar-refractivity contribution is -0.139. The molecule has 2 aliphatic rings. The van der Waals surface area contributed by atoms with Crippen LogP contribution in [-0.2, 0) is 15.0 Å². The summed E-state index contributed by atoms with van der Waals surface area (Å²) in [6.07, 6.45) is 3.99. The van der Waals surface area contributed by atoms with E-state index in [1.165, 1.54) is 12.8 Å². The molecule has 0 aromatic heterocycles. The van der Waals surface area contributed by atoms with Crippen molar-refractivity contribution in [1.82, 2.24) is 10.2 Å². The number of carboxylic acids is 1. The van der Waals surface area contributed by atoms with Gasteiger partial charge in [-0.05, 0) is 62.0 Å². The highest BCUT2D eigenvalue weighted by Crippen LogP contribution is 2.49. The number of rotatable bonds is 9. The van der Waals surface area contributed by atoms with Crippen LogP contribution in [0, 0.1) is 0 Å². The van der Waals surface area contributed by atoms with Crippen LogP contribution >= 0.6 is 0 Å². The average molecular weight is 408 g/mol. The summed E-state index contributed by atoms with van der Waals surface area (Å²) in [6, 6.07) is 17.4. The molecule has 0 radical (unpaired) electrons. The summed E-state index contributed by atoms with van der Waals surface area (Å²) in [4.78, 5) is 26.6. The van der Waals surface area contributed by atoms with E-state index in [1.54, 1.807) is 12.1 Å². The van der Waals surface area contributed by atoms with Gasteiger partial charge < -0.3 is 20.1 Å². The van der Waals surface area contributed by atoms with Gasteiger partial charge in [-0.15, -0.1) is 0 Å². The van der Waals surface area contributed by atoms with Gasteiger partial charge in [0, 0.05) is 6.54 Å². The van der Waals surface area contributed by atoms with Gasteiger partial charge in [0.1, 0.15) is 5.75 Å². The first-order valence-electron chi connectivity index (χ1n) is 10.6. The van der Waals surface area contributed by atoms with E-state index in [4.69, 9.17) is 9.84 Å². The summed E-state index contributed by atoms with van der Waals surface area (Å²) in [6.45, 7) is 2.57. The number of carbonyl (C=O) groups is 2. The molecule has 2 aromatic carbocycles. The maximum Gasteiger partial charge on any atom is 0.341 e. The normalized spacial score (nSPS) is 18.5. The Morgan fingerprint density at radius 3 is 2.47 bits per heavy atom. The number of nitrogens with one attached hydrogen (secondary N) is 1. The van der Waals surface area contributed by atoms with E-state index in [1.807, 2.05) is 30.3 Å². The van der Waals surface area contributed by atoms with Gasteiger partial charge in [0.2, 0.25) is 5.91 Å². The van der Waals surface area contributed by atoms with E-state index in [-0.39, 0.29) is 11.9 Å². The number of nitrogens with zero attached hydrogens (tertiary/aromatic N) is 1. The van der Waals surface area contributed by atoms with Crippen LogP contribution in [0.5, 0.6) is 5.75 Å². The number of amides is 1. The second kappa shape index (κ2) is 8.88. The summed E-state index contributed by atoms with van der Waals surface area (Å²) in [5.41, 5.74) is 1.45. The van der Waals surface area contributed by atoms with Crippen molar-refractivity contribution in [2.24, 2.45) is 0 Å². The van der Waals surface area contributed by atoms with E-state index in [9.17, 15) is 9.59 Å². The van der Waals surface area contributed by atoms with Crippen LogP contribution < -0.4 is 10.1 Å². The zero-order valence-electron chi connectivity index (χ0n) is 17.0. The lowest BCUT2D eigenvalue weighted by Crippen LogP contribution is -2.41. The third-order valence-electron chi connectivity index (χ3n) is 6.08. The zero-order chi connectivity index (χ0) is 21.0. The monoisotopic (exact) mass is 408 g/mol. The molecule has 2 N–H and O–H groups in total. The molecule has 6 heteroatoms. The van der Waals surface area contributed by atoms with E-state index in [2.05, 4.69) is 22.3 Å². The van der Waals surface area contributed by atoms with Gasteiger partial charge in [-0.3, -0.25) is 4.79 Å². The Bertz CT molecular complexity index is 889. The van der Waals surface area contributed by atoms with Crippen molar-refractivity contribution in [3.05, 3.63) is 65.7 Å². The van der Waals surface area contributed by atoms with E-state index in [0.717, 1.165) is 43.6 Å². The minimum atomic E-state index is -1.02. The molecule has 0 bridgehead atoms. The summed E-state index contributed by atoms with van der Waals surface area (Å²) in [5.74, 6) is -0.511. The first kappa shape index (κ1) is 20.4. The molecule has 1 heterocycles. The summed E-state index contributed by atoms with van der Waals surface area (Å²) >= 11 is 0. The Morgan fingerprint density at radius 2 is 1.80 bits per heavy atom. The summed E-state index contributed by atoms with van der Waals surface area (Å²) < 4.78 is 5.31. The molecule has 0 spiro atoms. The summed E-state index contributed by atoms with van der Waals surface area (Å²) in [7, 11) is 0. The molecule has 30 heavy (non-hydrogen) atoms. The first-order valence-corrected chi connectivity index (χ1v) is 10.6. The lowest BCUT2D eigenvalue weighted by atomic mass is 9.93. The molecule has 4 rings (SSSR count). The van der Waals surface area contributed by atoms with Crippen LogP contribution in [0.1, 0.15) is 42.9 Å². The van der Waals surface area contributed by atoms with E-state index >= 15 is 0 Å².